The fourth-order valence-electron chi connectivity index (χ4n) is 2.26. The highest BCUT2D eigenvalue weighted by atomic mass is 19.1. The van der Waals surface area contributed by atoms with Crippen LogP contribution in [0.15, 0.2) is 18.2 Å². The Morgan fingerprint density at radius 2 is 2.06 bits per heavy atom. The second kappa shape index (κ2) is 5.29. The van der Waals surface area contributed by atoms with Gasteiger partial charge in [0.05, 0.1) is 5.69 Å². The number of hydrogen-bond acceptors (Lipinski definition) is 3. The van der Waals surface area contributed by atoms with Gasteiger partial charge in [0.25, 0.3) is 0 Å². The van der Waals surface area contributed by atoms with Gasteiger partial charge < -0.3 is 9.69 Å². The van der Waals surface area contributed by atoms with Crippen LogP contribution in [0, 0.1) is 11.7 Å². The summed E-state index contributed by atoms with van der Waals surface area (Å²) < 4.78 is 13.9. The maximum atomic E-state index is 13.9. The summed E-state index contributed by atoms with van der Waals surface area (Å²) in [7, 11) is 0. The quantitative estimate of drug-likeness (QED) is 0.610. The molecule has 1 saturated heterocycles. The molecule has 0 atom stereocenters. The molecule has 3 nitrogen and oxygen atoms in total. The molecule has 0 bridgehead atoms. The molecule has 18 heavy (non-hydrogen) atoms. The third-order valence-corrected chi connectivity index (χ3v) is 3.43. The largest absolute Gasteiger partial charge is 0.369 e. The minimum absolute atomic E-state index is 0.0980. The van der Waals surface area contributed by atoms with Crippen molar-refractivity contribution in [1.82, 2.24) is 0 Å². The number of carbonyl (C=O) groups excluding carboxylic acids is 2. The Morgan fingerprint density at radius 3 is 2.56 bits per heavy atom. The van der Waals surface area contributed by atoms with E-state index in [1.165, 1.54) is 13.0 Å². The zero-order chi connectivity index (χ0) is 13.1. The molecular formula is C14H16FNO2. The lowest BCUT2D eigenvalue weighted by Gasteiger charge is -2.31. The van der Waals surface area contributed by atoms with Crippen molar-refractivity contribution in [3.63, 3.8) is 0 Å². The molecule has 1 aromatic carbocycles. The topological polar surface area (TPSA) is 37.4 Å². The Morgan fingerprint density at radius 1 is 1.39 bits per heavy atom. The van der Waals surface area contributed by atoms with Crippen LogP contribution in [0.2, 0.25) is 0 Å². The predicted molar refractivity (Wildman–Crippen MR) is 67.4 cm³/mol. The Labute approximate surface area is 106 Å². The van der Waals surface area contributed by atoms with E-state index in [4.69, 9.17) is 0 Å². The van der Waals surface area contributed by atoms with E-state index < -0.39 is 0 Å². The van der Waals surface area contributed by atoms with Crippen LogP contribution in [-0.2, 0) is 4.79 Å². The summed E-state index contributed by atoms with van der Waals surface area (Å²) in [6.45, 7) is 2.78. The van der Waals surface area contributed by atoms with E-state index >= 15 is 0 Å². The zero-order valence-electron chi connectivity index (χ0n) is 10.4. The lowest BCUT2D eigenvalue weighted by Crippen LogP contribution is -2.34. The molecule has 1 aliphatic heterocycles. The average molecular weight is 249 g/mol. The third-order valence-electron chi connectivity index (χ3n) is 3.43. The summed E-state index contributed by atoms with van der Waals surface area (Å²) in [6, 6.07) is 4.57. The van der Waals surface area contributed by atoms with Gasteiger partial charge in [-0.05, 0) is 38.0 Å². The van der Waals surface area contributed by atoms with E-state index in [-0.39, 0.29) is 17.5 Å². The standard InChI is InChI=1S/C14H16FNO2/c1-10(18)12-2-3-14(13(15)8-12)16-6-4-11(9-17)5-7-16/h2-3,8-9,11H,4-7H2,1H3. The van der Waals surface area contributed by atoms with Crippen molar-refractivity contribution < 1.29 is 14.0 Å². The Kier molecular flexibility index (Phi) is 3.75. The number of ketones is 1. The number of hydrogen-bond donors (Lipinski definition) is 0. The van der Waals surface area contributed by atoms with Crippen molar-refractivity contribution in [3.05, 3.63) is 29.6 Å². The number of carbonyl (C=O) groups is 2. The number of halogens is 1. The minimum Gasteiger partial charge on any atom is -0.369 e. The van der Waals surface area contributed by atoms with Crippen LogP contribution in [0.5, 0.6) is 0 Å². The van der Waals surface area contributed by atoms with Crippen LogP contribution in [-0.4, -0.2) is 25.2 Å². The second-order valence-electron chi connectivity index (χ2n) is 4.68. The molecule has 1 heterocycles. The number of benzene rings is 1. The van der Waals surface area contributed by atoms with Crippen molar-refractivity contribution in [3.8, 4) is 0 Å². The first kappa shape index (κ1) is 12.7. The molecular weight excluding hydrogens is 233 g/mol. The SMILES string of the molecule is CC(=O)c1ccc(N2CCC(C=O)CC2)c(F)c1. The summed E-state index contributed by atoms with van der Waals surface area (Å²) in [5.41, 5.74) is 0.906. The Bertz CT molecular complexity index is 465. The second-order valence-corrected chi connectivity index (χ2v) is 4.68. The molecule has 1 fully saturated rings. The monoisotopic (exact) mass is 249 g/mol. The highest BCUT2D eigenvalue weighted by molar-refractivity contribution is 5.94. The lowest BCUT2D eigenvalue weighted by atomic mass is 9.98. The predicted octanol–water partition coefficient (Wildman–Crippen LogP) is 2.44. The van der Waals surface area contributed by atoms with Crippen LogP contribution >= 0.6 is 0 Å². The van der Waals surface area contributed by atoms with E-state index in [0.29, 0.717) is 24.3 Å². The average Bonchev–Trinajstić information content (AvgIpc) is 2.38. The Hall–Kier alpha value is -1.71. The fourth-order valence-corrected chi connectivity index (χ4v) is 2.26. The first-order valence-electron chi connectivity index (χ1n) is 6.12. The number of Topliss-reactive ketones (excluding diaryl/α,β-unsaturated/α-hetero) is 1. The molecule has 0 N–H and O–H groups in total. The summed E-state index contributed by atoms with van der Waals surface area (Å²) in [5.74, 6) is -0.409. The molecule has 0 spiro atoms. The summed E-state index contributed by atoms with van der Waals surface area (Å²) in [6.07, 6.45) is 2.50. The molecule has 2 rings (SSSR count). The van der Waals surface area contributed by atoms with Crippen molar-refractivity contribution >= 4 is 17.8 Å². The summed E-state index contributed by atoms with van der Waals surface area (Å²) in [4.78, 5) is 23.7. The number of nitrogens with zero attached hydrogens (tertiary/aromatic N) is 1. The van der Waals surface area contributed by atoms with E-state index in [2.05, 4.69) is 0 Å². The van der Waals surface area contributed by atoms with Gasteiger partial charge in [0.2, 0.25) is 0 Å². The first-order valence-corrected chi connectivity index (χ1v) is 6.12. The van der Waals surface area contributed by atoms with E-state index in [1.807, 2.05) is 4.90 Å². The molecule has 0 amide bonds. The molecule has 1 aliphatic rings. The minimum atomic E-state index is -0.368. The van der Waals surface area contributed by atoms with Crippen LogP contribution in [0.1, 0.15) is 30.1 Å². The molecule has 1 aromatic rings. The van der Waals surface area contributed by atoms with Crippen LogP contribution in [0.3, 0.4) is 0 Å². The van der Waals surface area contributed by atoms with Crippen molar-refractivity contribution in [1.29, 1.82) is 0 Å². The van der Waals surface area contributed by atoms with Gasteiger partial charge in [-0.2, -0.15) is 0 Å². The molecule has 4 heteroatoms. The van der Waals surface area contributed by atoms with Crippen LogP contribution < -0.4 is 4.90 Å². The molecule has 0 unspecified atom stereocenters. The van der Waals surface area contributed by atoms with Gasteiger partial charge >= 0.3 is 0 Å². The summed E-state index contributed by atoms with van der Waals surface area (Å²) >= 11 is 0. The van der Waals surface area contributed by atoms with Gasteiger partial charge in [-0.1, -0.05) is 0 Å². The number of rotatable bonds is 3. The van der Waals surface area contributed by atoms with Gasteiger partial charge in [-0.3, -0.25) is 4.79 Å². The van der Waals surface area contributed by atoms with E-state index in [0.717, 1.165) is 19.1 Å². The number of aldehydes is 1. The van der Waals surface area contributed by atoms with E-state index in [1.54, 1.807) is 12.1 Å². The molecule has 96 valence electrons. The van der Waals surface area contributed by atoms with Gasteiger partial charge in [0, 0.05) is 24.6 Å². The first-order chi connectivity index (χ1) is 8.61. The molecule has 0 radical (unpaired) electrons. The maximum Gasteiger partial charge on any atom is 0.159 e. The van der Waals surface area contributed by atoms with Crippen molar-refractivity contribution in [2.24, 2.45) is 5.92 Å². The third kappa shape index (κ3) is 2.58. The van der Waals surface area contributed by atoms with Crippen molar-refractivity contribution in [2.75, 3.05) is 18.0 Å². The highest BCUT2D eigenvalue weighted by Gasteiger charge is 2.21. The fraction of sp³-hybridized carbons (Fsp3) is 0.429. The highest BCUT2D eigenvalue weighted by Crippen LogP contribution is 2.25. The van der Waals surface area contributed by atoms with Gasteiger partial charge in [-0.15, -0.1) is 0 Å². The maximum absolute atomic E-state index is 13.9. The normalized spacial score (nSPS) is 16.7. The number of piperidine rings is 1. The van der Waals surface area contributed by atoms with Gasteiger partial charge in [-0.25, -0.2) is 4.39 Å². The smallest absolute Gasteiger partial charge is 0.159 e. The van der Waals surface area contributed by atoms with E-state index in [9.17, 15) is 14.0 Å². The molecule has 0 aromatic heterocycles. The summed E-state index contributed by atoms with van der Waals surface area (Å²) in [5, 5.41) is 0. The molecule has 0 aliphatic carbocycles. The van der Waals surface area contributed by atoms with Gasteiger partial charge in [0.1, 0.15) is 12.1 Å². The van der Waals surface area contributed by atoms with Crippen LogP contribution in [0.25, 0.3) is 0 Å². The van der Waals surface area contributed by atoms with Gasteiger partial charge in [0.15, 0.2) is 5.78 Å². The Balaban J connectivity index is 2.14. The number of anilines is 1. The lowest BCUT2D eigenvalue weighted by molar-refractivity contribution is -0.111. The zero-order valence-corrected chi connectivity index (χ0v) is 10.4. The van der Waals surface area contributed by atoms with Crippen molar-refractivity contribution in [2.45, 2.75) is 19.8 Å². The molecule has 0 saturated carbocycles. The van der Waals surface area contributed by atoms with Crippen LogP contribution in [0.4, 0.5) is 10.1 Å².